The molecule has 0 bridgehead atoms. The lowest BCUT2D eigenvalue weighted by atomic mass is 10.1. The van der Waals surface area contributed by atoms with Gasteiger partial charge in [0.2, 0.25) is 0 Å². The molecule has 4 nitrogen and oxygen atoms in total. The predicted octanol–water partition coefficient (Wildman–Crippen LogP) is 3.60. The van der Waals surface area contributed by atoms with E-state index in [0.29, 0.717) is 11.4 Å². The van der Waals surface area contributed by atoms with Crippen LogP contribution in [0.25, 0.3) is 21.5 Å². The van der Waals surface area contributed by atoms with Crippen molar-refractivity contribution in [1.29, 1.82) is 0 Å². The Kier molecular flexibility index (Phi) is 5.18. The van der Waals surface area contributed by atoms with Crippen LogP contribution in [0.4, 0.5) is 4.39 Å². The minimum Gasteiger partial charge on any atom is -0.395 e. The molecule has 0 radical (unpaired) electrons. The molecule has 1 atom stereocenters. The molecule has 0 saturated heterocycles. The first-order chi connectivity index (χ1) is 11.6. The van der Waals surface area contributed by atoms with Crippen molar-refractivity contribution in [2.75, 3.05) is 6.61 Å². The van der Waals surface area contributed by atoms with Crippen molar-refractivity contribution >= 4 is 21.6 Å². The molecular formula is C18H20FN3OS. The summed E-state index contributed by atoms with van der Waals surface area (Å²) in [7, 11) is 0. The monoisotopic (exact) mass is 345 g/mol. The number of benzene rings is 1. The number of aliphatic hydroxyl groups excluding tert-OH is 1. The maximum Gasteiger partial charge on any atom is 0.146 e. The van der Waals surface area contributed by atoms with Crippen LogP contribution in [0.5, 0.6) is 0 Å². The Balaban J connectivity index is 1.85. The summed E-state index contributed by atoms with van der Waals surface area (Å²) in [6.45, 7) is 4.32. The molecule has 0 aliphatic heterocycles. The zero-order valence-corrected chi connectivity index (χ0v) is 14.5. The van der Waals surface area contributed by atoms with Gasteiger partial charge in [-0.1, -0.05) is 19.9 Å². The van der Waals surface area contributed by atoms with E-state index in [9.17, 15) is 9.50 Å². The summed E-state index contributed by atoms with van der Waals surface area (Å²) >= 11 is 1.59. The fourth-order valence-electron chi connectivity index (χ4n) is 2.53. The Morgan fingerprint density at radius 1 is 1.25 bits per heavy atom. The number of fused-ring (bicyclic) bond motifs is 1. The molecule has 2 heterocycles. The first-order valence-corrected chi connectivity index (χ1v) is 8.79. The third kappa shape index (κ3) is 3.61. The largest absolute Gasteiger partial charge is 0.395 e. The summed E-state index contributed by atoms with van der Waals surface area (Å²) in [5, 5.41) is 12.5. The average molecular weight is 345 g/mol. The summed E-state index contributed by atoms with van der Waals surface area (Å²) in [5.74, 6) is -0.0882. The van der Waals surface area contributed by atoms with E-state index in [1.807, 2.05) is 37.6 Å². The standard InChI is InChI=1S/C18H20FN3OS/c1-11(2)17(9-23)20-8-16-13(19)4-5-14(22-16)12-3-6-18-15(7-12)21-10-24-18/h3-7,10-11,17,20,23H,8-9H2,1-2H3/t17-/m0/s1. The Morgan fingerprint density at radius 2 is 2.08 bits per heavy atom. The number of hydrogen-bond acceptors (Lipinski definition) is 5. The minimum absolute atomic E-state index is 0.0134. The Bertz CT molecular complexity index is 834. The van der Waals surface area contributed by atoms with Gasteiger partial charge < -0.3 is 10.4 Å². The molecule has 1 aromatic carbocycles. The minimum atomic E-state index is -0.346. The van der Waals surface area contributed by atoms with Crippen molar-refractivity contribution in [2.45, 2.75) is 26.4 Å². The first kappa shape index (κ1) is 17.0. The highest BCUT2D eigenvalue weighted by Crippen LogP contribution is 2.25. The first-order valence-electron chi connectivity index (χ1n) is 7.91. The quantitative estimate of drug-likeness (QED) is 0.717. The predicted molar refractivity (Wildman–Crippen MR) is 95.4 cm³/mol. The van der Waals surface area contributed by atoms with Gasteiger partial charge in [0.1, 0.15) is 5.82 Å². The van der Waals surface area contributed by atoms with Crippen LogP contribution in [0.2, 0.25) is 0 Å². The molecule has 6 heteroatoms. The number of hydrogen-bond donors (Lipinski definition) is 2. The second kappa shape index (κ2) is 7.34. The van der Waals surface area contributed by atoms with Crippen molar-refractivity contribution < 1.29 is 9.50 Å². The molecule has 0 spiro atoms. The van der Waals surface area contributed by atoms with E-state index in [2.05, 4.69) is 15.3 Å². The van der Waals surface area contributed by atoms with Crippen LogP contribution in [0, 0.1) is 11.7 Å². The fourth-order valence-corrected chi connectivity index (χ4v) is 3.18. The number of nitrogens with zero attached hydrogens (tertiary/aromatic N) is 2. The topological polar surface area (TPSA) is 58.0 Å². The lowest BCUT2D eigenvalue weighted by molar-refractivity contribution is 0.209. The van der Waals surface area contributed by atoms with Crippen molar-refractivity contribution in [2.24, 2.45) is 5.92 Å². The average Bonchev–Trinajstić information content (AvgIpc) is 3.04. The van der Waals surface area contributed by atoms with E-state index in [-0.39, 0.29) is 30.9 Å². The Morgan fingerprint density at radius 3 is 2.83 bits per heavy atom. The van der Waals surface area contributed by atoms with E-state index >= 15 is 0 Å². The zero-order chi connectivity index (χ0) is 17.1. The number of nitrogens with one attached hydrogen (secondary N) is 1. The van der Waals surface area contributed by atoms with Crippen LogP contribution in [0.1, 0.15) is 19.5 Å². The summed E-state index contributed by atoms with van der Waals surface area (Å²) in [5.41, 5.74) is 4.71. The van der Waals surface area contributed by atoms with Gasteiger partial charge in [0.15, 0.2) is 0 Å². The van der Waals surface area contributed by atoms with Crippen LogP contribution in [0.3, 0.4) is 0 Å². The number of pyridine rings is 1. The van der Waals surface area contributed by atoms with Crippen molar-refractivity contribution in [3.8, 4) is 11.3 Å². The lowest BCUT2D eigenvalue weighted by Crippen LogP contribution is -2.36. The second-order valence-electron chi connectivity index (χ2n) is 6.07. The number of thiazole rings is 1. The van der Waals surface area contributed by atoms with E-state index in [1.165, 1.54) is 6.07 Å². The molecule has 0 fully saturated rings. The van der Waals surface area contributed by atoms with Gasteiger partial charge in [-0.3, -0.25) is 0 Å². The number of aromatic nitrogens is 2. The normalized spacial score (nSPS) is 12.9. The summed E-state index contributed by atoms with van der Waals surface area (Å²) in [6, 6.07) is 8.98. The molecule has 3 rings (SSSR count). The van der Waals surface area contributed by atoms with Gasteiger partial charge in [-0.15, -0.1) is 11.3 Å². The molecule has 0 aliphatic carbocycles. The number of aliphatic hydroxyl groups is 1. The second-order valence-corrected chi connectivity index (χ2v) is 6.96. The van der Waals surface area contributed by atoms with Gasteiger partial charge in [0, 0.05) is 18.2 Å². The van der Waals surface area contributed by atoms with E-state index in [1.54, 1.807) is 17.4 Å². The third-order valence-corrected chi connectivity index (χ3v) is 4.89. The van der Waals surface area contributed by atoms with E-state index < -0.39 is 0 Å². The third-order valence-electron chi connectivity index (χ3n) is 4.08. The highest BCUT2D eigenvalue weighted by Gasteiger charge is 2.14. The summed E-state index contributed by atoms with van der Waals surface area (Å²) < 4.78 is 15.2. The van der Waals surface area contributed by atoms with Crippen LogP contribution in [0.15, 0.2) is 35.8 Å². The van der Waals surface area contributed by atoms with Gasteiger partial charge in [0.05, 0.1) is 33.7 Å². The molecule has 0 aliphatic rings. The molecule has 2 aromatic heterocycles. The molecule has 24 heavy (non-hydrogen) atoms. The van der Waals surface area contributed by atoms with Crippen LogP contribution >= 0.6 is 11.3 Å². The van der Waals surface area contributed by atoms with Gasteiger partial charge in [-0.2, -0.15) is 0 Å². The van der Waals surface area contributed by atoms with Crippen molar-refractivity contribution in [3.05, 3.63) is 47.4 Å². The molecule has 0 saturated carbocycles. The molecule has 0 unspecified atom stereocenters. The summed E-state index contributed by atoms with van der Waals surface area (Å²) in [6.07, 6.45) is 0. The maximum atomic E-state index is 14.1. The highest BCUT2D eigenvalue weighted by atomic mass is 32.1. The molecular weight excluding hydrogens is 325 g/mol. The molecule has 3 aromatic rings. The van der Waals surface area contributed by atoms with Gasteiger partial charge in [-0.25, -0.2) is 14.4 Å². The molecule has 126 valence electrons. The molecule has 0 amide bonds. The van der Waals surface area contributed by atoms with Crippen molar-refractivity contribution in [3.63, 3.8) is 0 Å². The summed E-state index contributed by atoms with van der Waals surface area (Å²) in [4.78, 5) is 8.77. The highest BCUT2D eigenvalue weighted by molar-refractivity contribution is 7.16. The number of rotatable bonds is 6. The smallest absolute Gasteiger partial charge is 0.146 e. The number of halogens is 1. The van der Waals surface area contributed by atoms with Gasteiger partial charge in [0.25, 0.3) is 0 Å². The van der Waals surface area contributed by atoms with Gasteiger partial charge in [-0.05, 0) is 30.2 Å². The van der Waals surface area contributed by atoms with Gasteiger partial charge >= 0.3 is 0 Å². The Hall–Kier alpha value is -1.89. The Labute approximate surface area is 144 Å². The molecule has 2 N–H and O–H groups in total. The van der Waals surface area contributed by atoms with Crippen LogP contribution in [-0.2, 0) is 6.54 Å². The van der Waals surface area contributed by atoms with E-state index in [0.717, 1.165) is 15.8 Å². The zero-order valence-electron chi connectivity index (χ0n) is 13.7. The van der Waals surface area contributed by atoms with Crippen molar-refractivity contribution in [1.82, 2.24) is 15.3 Å². The van der Waals surface area contributed by atoms with Crippen LogP contribution < -0.4 is 5.32 Å². The lowest BCUT2D eigenvalue weighted by Gasteiger charge is -2.20. The maximum absolute atomic E-state index is 14.1. The van der Waals surface area contributed by atoms with Crippen LogP contribution in [-0.4, -0.2) is 27.7 Å². The van der Waals surface area contributed by atoms with E-state index in [4.69, 9.17) is 0 Å². The SMILES string of the molecule is CC(C)[C@H](CO)NCc1nc(-c2ccc3scnc3c2)ccc1F. The fraction of sp³-hybridized carbons (Fsp3) is 0.333.